The maximum atomic E-state index is 9.20. The highest BCUT2D eigenvalue weighted by Crippen LogP contribution is 2.41. The van der Waals surface area contributed by atoms with Gasteiger partial charge < -0.3 is 24.8 Å². The number of aromatic hydroxyl groups is 1. The Hall–Kier alpha value is -3.15. The van der Waals surface area contributed by atoms with Crippen LogP contribution >= 0.6 is 0 Å². The van der Waals surface area contributed by atoms with Crippen molar-refractivity contribution >= 4 is 10.4 Å². The maximum absolute atomic E-state index is 9.20. The lowest BCUT2D eigenvalue weighted by Gasteiger charge is -2.30. The van der Waals surface area contributed by atoms with Gasteiger partial charge in [0.1, 0.15) is 17.2 Å². The molecule has 0 bridgehead atoms. The van der Waals surface area contributed by atoms with E-state index in [1.54, 1.807) is 32.9 Å². The summed E-state index contributed by atoms with van der Waals surface area (Å²) in [5.41, 5.74) is 5.44. The molecule has 5 N–H and O–H groups in total. The molecular weight excluding hydrogens is 1030 g/mol. The standard InChI is InChI=1S/C25H42O.C21H34O.C13H18O.C8H18O.C4H10O.H2O4S/c1-7-8-9-10-11-20(3)26-24-17-16-22(18-23(24)25(4,5)6)21-14-12-19(2)13-15-21;1-4-5-6-7-8-18(3)22-21-15-13-20(14-16-21)19-11-9-17(2)10-12-19;1-10-2-4-11(5-3-10)12-6-8-13(14)9-7-12;1-3-4-5-6-7-8(2)9;1-4(2,3)5;1-5(2,3)4/h16-21H,7-15H2,1-6H3;13-19H,4-12H2,1-3H3;6-11,14H,2-5H2,1H3;8-9H,3-7H2,1-2H3;5H,1-3H3;(H2,1,2,3,4). The Kier molecular flexibility index (Phi) is 39.1. The zero-order valence-corrected chi connectivity index (χ0v) is 55.2. The van der Waals surface area contributed by atoms with Crippen LogP contribution in [0, 0.1) is 17.8 Å². The minimum atomic E-state index is -4.67. The van der Waals surface area contributed by atoms with Crippen LogP contribution in [0.1, 0.15) is 317 Å². The van der Waals surface area contributed by atoms with E-state index < -0.39 is 16.0 Å². The quantitative estimate of drug-likeness (QED) is 0.0489. The molecule has 3 aliphatic rings. The van der Waals surface area contributed by atoms with Crippen LogP contribution in [-0.2, 0) is 15.8 Å². The number of phenols is 1. The smallest absolute Gasteiger partial charge is 0.394 e. The van der Waals surface area contributed by atoms with Crippen molar-refractivity contribution in [1.82, 2.24) is 0 Å². The largest absolute Gasteiger partial charge is 0.508 e. The van der Waals surface area contributed by atoms with Gasteiger partial charge in [-0.1, -0.05) is 201 Å². The summed E-state index contributed by atoms with van der Waals surface area (Å²) in [6.07, 6.45) is 35.7. The van der Waals surface area contributed by atoms with Crippen molar-refractivity contribution in [3.05, 3.63) is 89.0 Å². The monoisotopic (exact) mass is 1150 g/mol. The summed E-state index contributed by atoms with van der Waals surface area (Å²) in [6, 6.07) is 23.7. The number of benzene rings is 3. The number of phenolic OH excluding ortho intramolecular Hbond substituents is 1. The second-order valence-electron chi connectivity index (χ2n) is 26.9. The fraction of sp³-hybridized carbons (Fsp3) is 0.746. The molecule has 0 amide bonds. The van der Waals surface area contributed by atoms with E-state index in [9.17, 15) is 5.11 Å². The Balaban J connectivity index is 0.000000535. The number of aliphatic hydroxyl groups is 2. The first-order chi connectivity index (χ1) is 38.0. The van der Waals surface area contributed by atoms with Gasteiger partial charge in [-0.05, 0) is 206 Å². The molecule has 6 rings (SSSR count). The summed E-state index contributed by atoms with van der Waals surface area (Å²) in [6.45, 7) is 32.3. The normalized spacial score (nSPS) is 21.2. The number of hydrogen-bond acceptors (Lipinski definition) is 7. The molecule has 3 atom stereocenters. The molecule has 3 saturated carbocycles. The van der Waals surface area contributed by atoms with Crippen LogP contribution in [0.2, 0.25) is 0 Å². The molecule has 3 fully saturated rings. The van der Waals surface area contributed by atoms with Gasteiger partial charge in [0.15, 0.2) is 0 Å². The van der Waals surface area contributed by atoms with E-state index >= 15 is 0 Å². The minimum absolute atomic E-state index is 0.0955. The van der Waals surface area contributed by atoms with Crippen molar-refractivity contribution in [2.24, 2.45) is 17.8 Å². The fourth-order valence-corrected chi connectivity index (χ4v) is 11.0. The molecule has 10 heteroatoms. The van der Waals surface area contributed by atoms with Gasteiger partial charge in [-0.2, -0.15) is 8.42 Å². The Morgan fingerprint density at radius 3 is 1.16 bits per heavy atom. The molecule has 0 radical (unpaired) electrons. The SMILES string of the molecule is CC(C)(C)O.CC1CCC(c2ccc(O)cc2)CC1.CCCCCCC(C)O.CCCCCCC(C)Oc1ccc(C2CCC(C)CC2)cc1.CCCCCCC(C)Oc1ccc(C2CCC(C)CC2)cc1C(C)(C)C.O=S(=O)(O)O. The topological polar surface area (TPSA) is 154 Å². The molecule has 3 aromatic carbocycles. The first-order valence-corrected chi connectivity index (χ1v) is 33.9. The lowest BCUT2D eigenvalue weighted by atomic mass is 9.77. The van der Waals surface area contributed by atoms with Crippen LogP contribution in [0.5, 0.6) is 17.2 Å². The zero-order chi connectivity index (χ0) is 61.0. The first kappa shape index (κ1) is 75.9. The lowest BCUT2D eigenvalue weighted by molar-refractivity contribution is 0.102. The van der Waals surface area contributed by atoms with Crippen molar-refractivity contribution in [1.29, 1.82) is 0 Å². The minimum Gasteiger partial charge on any atom is -0.508 e. The Bertz CT molecular complexity index is 2070. The van der Waals surface area contributed by atoms with E-state index in [2.05, 4.69) is 131 Å². The third-order valence-corrected chi connectivity index (χ3v) is 16.1. The number of hydrogen-bond donors (Lipinski definition) is 5. The van der Waals surface area contributed by atoms with E-state index in [0.29, 0.717) is 18.0 Å². The summed E-state index contributed by atoms with van der Waals surface area (Å²) >= 11 is 0. The van der Waals surface area contributed by atoms with Gasteiger partial charge in [0.05, 0.1) is 23.9 Å². The molecule has 468 valence electrons. The summed E-state index contributed by atoms with van der Waals surface area (Å²) in [5, 5.41) is 26.6. The highest BCUT2D eigenvalue weighted by Gasteiger charge is 2.26. The van der Waals surface area contributed by atoms with Crippen LogP contribution in [-0.4, -0.2) is 56.8 Å². The van der Waals surface area contributed by atoms with Crippen LogP contribution < -0.4 is 9.47 Å². The van der Waals surface area contributed by atoms with Crippen molar-refractivity contribution in [2.45, 2.75) is 324 Å². The molecule has 3 aliphatic carbocycles. The summed E-state index contributed by atoms with van der Waals surface area (Å²) < 4.78 is 44.0. The number of rotatable bonds is 22. The highest BCUT2D eigenvalue weighted by atomic mass is 32.3. The maximum Gasteiger partial charge on any atom is 0.394 e. The third-order valence-electron chi connectivity index (χ3n) is 16.1. The number of aliphatic hydroxyl groups excluding tert-OH is 1. The molecule has 0 aliphatic heterocycles. The van der Waals surface area contributed by atoms with E-state index in [-0.39, 0.29) is 11.5 Å². The molecule has 81 heavy (non-hydrogen) atoms. The Labute approximate surface area is 498 Å². The van der Waals surface area contributed by atoms with Gasteiger partial charge in [-0.25, -0.2) is 0 Å². The molecule has 3 aromatic rings. The first-order valence-electron chi connectivity index (χ1n) is 32.5. The number of unbranched alkanes of at least 4 members (excludes halogenated alkanes) is 9. The van der Waals surface area contributed by atoms with E-state index in [1.807, 2.05) is 6.92 Å². The predicted molar refractivity (Wildman–Crippen MR) is 345 cm³/mol. The van der Waals surface area contributed by atoms with E-state index in [0.717, 1.165) is 59.8 Å². The highest BCUT2D eigenvalue weighted by molar-refractivity contribution is 7.79. The van der Waals surface area contributed by atoms with Crippen LogP contribution in [0.4, 0.5) is 0 Å². The summed E-state index contributed by atoms with van der Waals surface area (Å²) in [4.78, 5) is 0. The molecule has 9 nitrogen and oxygen atoms in total. The van der Waals surface area contributed by atoms with Crippen molar-refractivity contribution in [2.75, 3.05) is 0 Å². The van der Waals surface area contributed by atoms with Crippen LogP contribution in [0.15, 0.2) is 66.7 Å². The van der Waals surface area contributed by atoms with Crippen molar-refractivity contribution in [3.63, 3.8) is 0 Å². The zero-order valence-electron chi connectivity index (χ0n) is 54.4. The van der Waals surface area contributed by atoms with Gasteiger partial charge in [-0.15, -0.1) is 0 Å². The average molecular weight is 1150 g/mol. The summed E-state index contributed by atoms with van der Waals surface area (Å²) in [5.74, 6) is 7.50. The predicted octanol–water partition coefficient (Wildman–Crippen LogP) is 20.9. The molecule has 0 heterocycles. The second kappa shape index (κ2) is 41.8. The number of ether oxygens (including phenoxy) is 2. The van der Waals surface area contributed by atoms with E-state index in [4.69, 9.17) is 37.2 Å². The Morgan fingerprint density at radius 2 is 0.815 bits per heavy atom. The second-order valence-corrected chi connectivity index (χ2v) is 27.8. The van der Waals surface area contributed by atoms with Crippen molar-refractivity contribution < 1.29 is 42.3 Å². The molecular formula is C71H124O9S. The van der Waals surface area contributed by atoms with Gasteiger partial charge in [0, 0.05) is 0 Å². The molecule has 0 aromatic heterocycles. The molecule has 3 unspecified atom stereocenters. The summed E-state index contributed by atoms with van der Waals surface area (Å²) in [7, 11) is -4.67. The van der Waals surface area contributed by atoms with Gasteiger partial charge in [-0.3, -0.25) is 9.11 Å². The van der Waals surface area contributed by atoms with Crippen LogP contribution in [0.3, 0.4) is 0 Å². The van der Waals surface area contributed by atoms with Gasteiger partial charge in [0.2, 0.25) is 0 Å². The van der Waals surface area contributed by atoms with Gasteiger partial charge in [0.25, 0.3) is 0 Å². The Morgan fingerprint density at radius 1 is 0.494 bits per heavy atom. The average Bonchev–Trinajstić information content (AvgIpc) is 3.46. The van der Waals surface area contributed by atoms with Crippen molar-refractivity contribution in [3.8, 4) is 17.2 Å². The van der Waals surface area contributed by atoms with Crippen LogP contribution in [0.25, 0.3) is 0 Å². The molecule has 0 spiro atoms. The third kappa shape index (κ3) is 39.9. The fourth-order valence-electron chi connectivity index (χ4n) is 11.0. The molecule has 0 saturated heterocycles. The lowest BCUT2D eigenvalue weighted by Crippen LogP contribution is -2.19. The van der Waals surface area contributed by atoms with E-state index in [1.165, 1.54) is 183 Å². The van der Waals surface area contributed by atoms with Gasteiger partial charge >= 0.3 is 10.4 Å².